The van der Waals surface area contributed by atoms with E-state index in [4.69, 9.17) is 4.74 Å². The molecule has 0 bridgehead atoms. The molecule has 0 aromatic carbocycles. The number of hydrogen-bond acceptors (Lipinski definition) is 4. The highest BCUT2D eigenvalue weighted by Gasteiger charge is 2.34. The van der Waals surface area contributed by atoms with Crippen molar-refractivity contribution in [2.75, 3.05) is 13.7 Å². The molecule has 5 nitrogen and oxygen atoms in total. The van der Waals surface area contributed by atoms with E-state index in [0.29, 0.717) is 13.0 Å². The first-order valence-corrected chi connectivity index (χ1v) is 5.99. The Hall–Kier alpha value is -1.91. The van der Waals surface area contributed by atoms with Crippen molar-refractivity contribution in [2.24, 2.45) is 0 Å². The van der Waals surface area contributed by atoms with Gasteiger partial charge in [-0.15, -0.1) is 0 Å². The predicted octanol–water partition coefficient (Wildman–Crippen LogP) is 0.788. The molecule has 1 aromatic rings. The van der Waals surface area contributed by atoms with Gasteiger partial charge in [0.2, 0.25) is 5.91 Å². The molecular weight excluding hydrogens is 232 g/mol. The van der Waals surface area contributed by atoms with E-state index in [9.17, 15) is 9.59 Å². The standard InChI is InChI=1S/C13H16N2O3/c1-18-13(17)11-6-4-8-15(11)12(16)9-10-5-2-3-7-14-10/h2-3,5,7,11H,4,6,8-9H2,1H3/t11-/m1/s1. The maximum Gasteiger partial charge on any atom is 0.328 e. The summed E-state index contributed by atoms with van der Waals surface area (Å²) in [5, 5.41) is 0. The fourth-order valence-corrected chi connectivity index (χ4v) is 2.21. The van der Waals surface area contributed by atoms with Crippen molar-refractivity contribution in [1.29, 1.82) is 0 Å². The zero-order valence-corrected chi connectivity index (χ0v) is 10.3. The lowest BCUT2D eigenvalue weighted by Crippen LogP contribution is -2.41. The largest absolute Gasteiger partial charge is 0.467 e. The van der Waals surface area contributed by atoms with Gasteiger partial charge in [0.1, 0.15) is 6.04 Å². The second-order valence-electron chi connectivity index (χ2n) is 4.27. The van der Waals surface area contributed by atoms with Gasteiger partial charge in [-0.25, -0.2) is 4.79 Å². The third-order valence-electron chi connectivity index (χ3n) is 3.10. The molecule has 0 saturated carbocycles. The summed E-state index contributed by atoms with van der Waals surface area (Å²) in [5.41, 5.74) is 0.720. The highest BCUT2D eigenvalue weighted by Crippen LogP contribution is 2.19. The summed E-state index contributed by atoms with van der Waals surface area (Å²) in [6, 6.07) is 5.03. The number of carbonyl (C=O) groups is 2. The molecule has 1 aliphatic rings. The topological polar surface area (TPSA) is 59.5 Å². The SMILES string of the molecule is COC(=O)[C@H]1CCCN1C(=O)Cc1ccccn1. The Labute approximate surface area is 106 Å². The van der Waals surface area contributed by atoms with Crippen LogP contribution in [0.3, 0.4) is 0 Å². The van der Waals surface area contributed by atoms with Gasteiger partial charge in [0, 0.05) is 18.4 Å². The zero-order valence-electron chi connectivity index (χ0n) is 10.3. The van der Waals surface area contributed by atoms with Gasteiger partial charge in [0.25, 0.3) is 0 Å². The number of ether oxygens (including phenoxy) is 1. The fourth-order valence-electron chi connectivity index (χ4n) is 2.21. The zero-order chi connectivity index (χ0) is 13.0. The number of aromatic nitrogens is 1. The Morgan fingerprint density at radius 3 is 3.00 bits per heavy atom. The molecule has 1 saturated heterocycles. The van der Waals surface area contributed by atoms with Crippen molar-refractivity contribution in [3.05, 3.63) is 30.1 Å². The number of likely N-dealkylation sites (tertiary alicyclic amines) is 1. The molecule has 96 valence electrons. The van der Waals surface area contributed by atoms with Crippen molar-refractivity contribution in [3.8, 4) is 0 Å². The lowest BCUT2D eigenvalue weighted by Gasteiger charge is -2.22. The maximum absolute atomic E-state index is 12.1. The van der Waals surface area contributed by atoms with E-state index in [2.05, 4.69) is 4.98 Å². The number of hydrogen-bond donors (Lipinski definition) is 0. The normalized spacial score (nSPS) is 18.7. The van der Waals surface area contributed by atoms with Crippen LogP contribution in [0.1, 0.15) is 18.5 Å². The van der Waals surface area contributed by atoms with Gasteiger partial charge in [-0.3, -0.25) is 9.78 Å². The third kappa shape index (κ3) is 2.67. The smallest absolute Gasteiger partial charge is 0.328 e. The number of carbonyl (C=O) groups excluding carboxylic acids is 2. The van der Waals surface area contributed by atoms with Gasteiger partial charge in [0.05, 0.1) is 13.5 Å². The molecule has 1 aliphatic heterocycles. The van der Waals surface area contributed by atoms with Gasteiger partial charge in [-0.05, 0) is 25.0 Å². The van der Waals surface area contributed by atoms with Crippen molar-refractivity contribution in [1.82, 2.24) is 9.88 Å². The first kappa shape index (κ1) is 12.5. The quantitative estimate of drug-likeness (QED) is 0.742. The molecule has 1 fully saturated rings. The highest BCUT2D eigenvalue weighted by atomic mass is 16.5. The summed E-state index contributed by atoms with van der Waals surface area (Å²) in [6.07, 6.45) is 3.41. The number of nitrogens with zero attached hydrogens (tertiary/aromatic N) is 2. The molecule has 18 heavy (non-hydrogen) atoms. The summed E-state index contributed by atoms with van der Waals surface area (Å²) in [7, 11) is 1.35. The van der Waals surface area contributed by atoms with Gasteiger partial charge < -0.3 is 9.64 Å². The van der Waals surface area contributed by atoms with E-state index < -0.39 is 6.04 Å². The number of amides is 1. The molecule has 0 unspecified atom stereocenters. The third-order valence-corrected chi connectivity index (χ3v) is 3.10. The molecule has 0 N–H and O–H groups in total. The maximum atomic E-state index is 12.1. The summed E-state index contributed by atoms with van der Waals surface area (Å²) >= 11 is 0. The molecule has 5 heteroatoms. The van der Waals surface area contributed by atoms with E-state index in [1.807, 2.05) is 6.07 Å². The summed E-state index contributed by atoms with van der Waals surface area (Å²) < 4.78 is 4.72. The van der Waals surface area contributed by atoms with Crippen molar-refractivity contribution in [3.63, 3.8) is 0 Å². The summed E-state index contributed by atoms with van der Waals surface area (Å²) in [5.74, 6) is -0.400. The van der Waals surface area contributed by atoms with Crippen molar-refractivity contribution >= 4 is 11.9 Å². The molecular formula is C13H16N2O3. The Morgan fingerprint density at radius 1 is 1.50 bits per heavy atom. The monoisotopic (exact) mass is 248 g/mol. The molecule has 0 radical (unpaired) electrons. The minimum Gasteiger partial charge on any atom is -0.467 e. The number of methoxy groups -OCH3 is 1. The molecule has 1 amide bonds. The van der Waals surface area contributed by atoms with Crippen LogP contribution in [0.4, 0.5) is 0 Å². The van der Waals surface area contributed by atoms with Crippen LogP contribution in [0.15, 0.2) is 24.4 Å². The van der Waals surface area contributed by atoms with E-state index in [1.165, 1.54) is 7.11 Å². The van der Waals surface area contributed by atoms with Gasteiger partial charge in [-0.2, -0.15) is 0 Å². The van der Waals surface area contributed by atoms with Gasteiger partial charge >= 0.3 is 5.97 Å². The second-order valence-corrected chi connectivity index (χ2v) is 4.27. The van der Waals surface area contributed by atoms with Crippen LogP contribution in [0.25, 0.3) is 0 Å². The summed E-state index contributed by atoms with van der Waals surface area (Å²) in [4.78, 5) is 29.4. The Morgan fingerprint density at radius 2 is 2.33 bits per heavy atom. The number of pyridine rings is 1. The lowest BCUT2D eigenvalue weighted by molar-refractivity contribution is -0.150. The summed E-state index contributed by atoms with van der Waals surface area (Å²) in [6.45, 7) is 0.617. The minimum absolute atomic E-state index is 0.0680. The highest BCUT2D eigenvalue weighted by molar-refractivity contribution is 5.86. The van der Waals surface area contributed by atoms with E-state index in [1.54, 1.807) is 23.2 Å². The van der Waals surface area contributed by atoms with Crippen LogP contribution in [0.5, 0.6) is 0 Å². The average molecular weight is 248 g/mol. The van der Waals surface area contributed by atoms with Crippen LogP contribution in [0, 0.1) is 0 Å². The Balaban J connectivity index is 2.02. The average Bonchev–Trinajstić information content (AvgIpc) is 2.88. The molecule has 0 aliphatic carbocycles. The van der Waals surface area contributed by atoms with E-state index in [-0.39, 0.29) is 18.3 Å². The van der Waals surface area contributed by atoms with E-state index in [0.717, 1.165) is 12.1 Å². The first-order chi connectivity index (χ1) is 8.72. The molecule has 2 heterocycles. The fraction of sp³-hybridized carbons (Fsp3) is 0.462. The lowest BCUT2D eigenvalue weighted by atomic mass is 10.2. The van der Waals surface area contributed by atoms with Crippen LogP contribution in [-0.2, 0) is 20.7 Å². The van der Waals surface area contributed by atoms with Gasteiger partial charge in [0.15, 0.2) is 0 Å². The first-order valence-electron chi connectivity index (χ1n) is 5.99. The molecule has 0 spiro atoms. The van der Waals surface area contributed by atoms with Crippen molar-refractivity contribution in [2.45, 2.75) is 25.3 Å². The molecule has 2 rings (SSSR count). The van der Waals surface area contributed by atoms with Gasteiger partial charge in [-0.1, -0.05) is 6.07 Å². The minimum atomic E-state index is -0.425. The number of rotatable bonds is 3. The van der Waals surface area contributed by atoms with Crippen LogP contribution in [0.2, 0.25) is 0 Å². The van der Waals surface area contributed by atoms with E-state index >= 15 is 0 Å². The predicted molar refractivity (Wildman–Crippen MR) is 64.7 cm³/mol. The van der Waals surface area contributed by atoms with Crippen LogP contribution < -0.4 is 0 Å². The second kappa shape index (κ2) is 5.62. The van der Waals surface area contributed by atoms with Crippen LogP contribution in [-0.4, -0.2) is 41.5 Å². The van der Waals surface area contributed by atoms with Crippen molar-refractivity contribution < 1.29 is 14.3 Å². The Kier molecular flexibility index (Phi) is 3.92. The Bertz CT molecular complexity index is 433. The van der Waals surface area contributed by atoms with Crippen LogP contribution >= 0.6 is 0 Å². The molecule has 1 atom stereocenters. The number of esters is 1. The molecule has 1 aromatic heterocycles.